The van der Waals surface area contributed by atoms with E-state index in [4.69, 9.17) is 0 Å². The molecule has 2 saturated carbocycles. The summed E-state index contributed by atoms with van der Waals surface area (Å²) in [6.45, 7) is 48.3. The highest BCUT2D eigenvalue weighted by molar-refractivity contribution is 5.01. The maximum Gasteiger partial charge on any atom is 0.0241 e. The van der Waals surface area contributed by atoms with Crippen LogP contribution in [0.5, 0.6) is 0 Å². The van der Waals surface area contributed by atoms with Gasteiger partial charge in [0, 0.05) is 167 Å². The monoisotopic (exact) mass is 1180 g/mol. The topological polar surface area (TPSA) is 38.9 Å². The van der Waals surface area contributed by atoms with Gasteiger partial charge in [0.1, 0.15) is 0 Å². The van der Waals surface area contributed by atoms with Crippen LogP contribution in [0, 0.1) is 11.8 Å². The first-order valence-corrected chi connectivity index (χ1v) is 36.8. The molecule has 0 aromatic heterocycles. The van der Waals surface area contributed by atoms with Crippen molar-refractivity contribution in [2.75, 3.05) is 114 Å². The second-order valence-corrected chi connectivity index (χ2v) is 32.7. The molecule has 15 aliphatic rings. The van der Waals surface area contributed by atoms with Crippen LogP contribution < -0.4 is 0 Å². The van der Waals surface area contributed by atoms with E-state index in [0.717, 1.165) is 127 Å². The van der Waals surface area contributed by atoms with E-state index in [0.29, 0.717) is 0 Å². The zero-order chi connectivity index (χ0) is 60.7. The second-order valence-electron chi connectivity index (χ2n) is 32.7. The largest absolute Gasteiger partial charge is 0.305 e. The number of nitrogens with zero attached hydrogens (tertiary/aromatic N) is 12. The molecule has 84 heavy (non-hydrogen) atoms. The predicted molar refractivity (Wildman–Crippen MR) is 361 cm³/mol. The lowest BCUT2D eigenvalue weighted by Gasteiger charge is -2.41. The summed E-state index contributed by atoms with van der Waals surface area (Å²) in [7, 11) is 11.4. The van der Waals surface area contributed by atoms with Crippen LogP contribution in [-0.2, 0) is 0 Å². The predicted octanol–water partition coefficient (Wildman–Crippen LogP) is 11.2. The van der Waals surface area contributed by atoms with Crippen molar-refractivity contribution in [3.05, 3.63) is 0 Å². The second kappa shape index (κ2) is 32.2. The van der Waals surface area contributed by atoms with Crippen LogP contribution in [0.3, 0.4) is 0 Å². The molecule has 12 unspecified atom stereocenters. The maximum atomic E-state index is 2.75. The fraction of sp³-hybridized carbons (Fsp3) is 1.00. The minimum atomic E-state index is 0.729. The number of piperidine rings is 1. The first-order valence-electron chi connectivity index (χ1n) is 36.8. The molecule has 0 radical (unpaired) electrons. The molecule has 12 atom stereocenters. The third kappa shape index (κ3) is 18.2. The van der Waals surface area contributed by atoms with E-state index in [1.54, 1.807) is 0 Å². The van der Waals surface area contributed by atoms with E-state index in [2.05, 4.69) is 191 Å². The highest BCUT2D eigenvalue weighted by atomic mass is 15.4. The van der Waals surface area contributed by atoms with Crippen molar-refractivity contribution in [1.29, 1.82) is 0 Å². The molecule has 14 bridgehead atoms. The molecular weight excluding hydrogens is 1030 g/mol. The first-order chi connectivity index (χ1) is 39.9. The van der Waals surface area contributed by atoms with E-state index >= 15 is 0 Å². The zero-order valence-corrected chi connectivity index (χ0v) is 59.1. The third-order valence-electron chi connectivity index (χ3n) is 24.9. The van der Waals surface area contributed by atoms with Crippen molar-refractivity contribution in [2.24, 2.45) is 11.8 Å². The molecule has 13 saturated heterocycles. The Kier molecular flexibility index (Phi) is 26.6. The number of likely N-dealkylation sites (N-methyl/N-ethyl adjacent to an activating group) is 5. The quantitative estimate of drug-likeness (QED) is 0.244. The van der Waals surface area contributed by atoms with Gasteiger partial charge in [0.15, 0.2) is 0 Å². The number of rotatable bonds is 7. The van der Waals surface area contributed by atoms with Gasteiger partial charge < -0.3 is 14.7 Å². The summed E-state index contributed by atoms with van der Waals surface area (Å²) in [6.07, 6.45) is 29.0. The molecule has 13 aliphatic heterocycles. The van der Waals surface area contributed by atoms with Crippen LogP contribution >= 0.6 is 0 Å². The van der Waals surface area contributed by atoms with Gasteiger partial charge in [-0.05, 0) is 299 Å². The lowest BCUT2D eigenvalue weighted by molar-refractivity contribution is 0.0567. The summed E-state index contributed by atoms with van der Waals surface area (Å²) in [6, 6.07) is 15.7. The van der Waals surface area contributed by atoms with Crippen LogP contribution in [0.15, 0.2) is 0 Å². The highest BCUT2D eigenvalue weighted by Crippen LogP contribution is 2.39. The minimum Gasteiger partial charge on any atom is -0.305 e. The highest BCUT2D eigenvalue weighted by Gasteiger charge is 2.44. The number of fused-ring (bicyclic) bond motifs is 16. The van der Waals surface area contributed by atoms with Crippen molar-refractivity contribution in [2.45, 2.75) is 340 Å². The summed E-state index contributed by atoms with van der Waals surface area (Å²) in [5.41, 5.74) is 0. The van der Waals surface area contributed by atoms with Crippen molar-refractivity contribution in [1.82, 2.24) is 58.8 Å². The summed E-state index contributed by atoms with van der Waals surface area (Å²) < 4.78 is 0. The summed E-state index contributed by atoms with van der Waals surface area (Å²) >= 11 is 0. The number of hydrogen-bond donors (Lipinski definition) is 0. The van der Waals surface area contributed by atoms with Gasteiger partial charge in [-0.25, -0.2) is 0 Å². The van der Waals surface area contributed by atoms with E-state index in [9.17, 15) is 0 Å². The van der Waals surface area contributed by atoms with Crippen LogP contribution in [-0.4, -0.2) is 287 Å². The van der Waals surface area contributed by atoms with Crippen LogP contribution in [0.2, 0.25) is 0 Å². The zero-order valence-electron chi connectivity index (χ0n) is 59.1. The average molecular weight is 1180 g/mol. The Hall–Kier alpha value is -0.480. The van der Waals surface area contributed by atoms with Gasteiger partial charge in [-0.3, -0.25) is 44.1 Å². The first kappa shape index (κ1) is 69.4. The molecule has 12 heteroatoms. The number of hydrogen-bond acceptors (Lipinski definition) is 12. The van der Waals surface area contributed by atoms with Gasteiger partial charge in [0.05, 0.1) is 0 Å². The molecule has 12 nitrogen and oxygen atoms in total. The van der Waals surface area contributed by atoms with Crippen LogP contribution in [0.1, 0.15) is 225 Å². The van der Waals surface area contributed by atoms with Gasteiger partial charge in [-0.1, -0.05) is 0 Å². The van der Waals surface area contributed by atoms with Crippen molar-refractivity contribution in [3.8, 4) is 0 Å². The smallest absolute Gasteiger partial charge is 0.0241 e. The average Bonchev–Trinajstić information content (AvgIpc) is 4.35. The molecule has 15 rings (SSSR count). The van der Waals surface area contributed by atoms with Crippen molar-refractivity contribution in [3.63, 3.8) is 0 Å². The molecule has 2 aliphatic carbocycles. The Bertz CT molecular complexity index is 1840. The Labute approximate surface area is 522 Å². The van der Waals surface area contributed by atoms with Gasteiger partial charge in [0.25, 0.3) is 0 Å². The van der Waals surface area contributed by atoms with Gasteiger partial charge in [-0.15, -0.1) is 0 Å². The van der Waals surface area contributed by atoms with Crippen molar-refractivity contribution >= 4 is 0 Å². The lowest BCUT2D eigenvalue weighted by Crippen LogP contribution is -2.54. The molecule has 0 spiro atoms. The maximum absolute atomic E-state index is 2.75. The summed E-state index contributed by atoms with van der Waals surface area (Å²) in [5.74, 6) is 2.17. The molecule has 0 aromatic rings. The molecule has 13 heterocycles. The van der Waals surface area contributed by atoms with E-state index in [1.165, 1.54) is 207 Å². The molecule has 15 fully saturated rings. The molecule has 0 amide bonds. The van der Waals surface area contributed by atoms with Gasteiger partial charge in [0.2, 0.25) is 0 Å². The Balaban J connectivity index is 0.000000128. The lowest BCUT2D eigenvalue weighted by atomic mass is 9.86. The van der Waals surface area contributed by atoms with E-state index in [1.807, 2.05) is 0 Å². The fourth-order valence-electron chi connectivity index (χ4n) is 19.8. The Morgan fingerprint density at radius 2 is 0.655 bits per heavy atom. The number of likely N-dealkylation sites (tertiary alicyclic amines) is 7. The normalized spacial score (nSPS) is 37.8. The fourth-order valence-corrected chi connectivity index (χ4v) is 19.8. The third-order valence-corrected chi connectivity index (χ3v) is 24.9. The van der Waals surface area contributed by atoms with Gasteiger partial charge >= 0.3 is 0 Å². The molecule has 490 valence electrons. The van der Waals surface area contributed by atoms with Crippen LogP contribution in [0.4, 0.5) is 0 Å². The number of piperazine rings is 3. The Morgan fingerprint density at radius 1 is 0.238 bits per heavy atom. The van der Waals surface area contributed by atoms with Gasteiger partial charge in [-0.2, -0.15) is 0 Å². The SMILES string of the molecule is CC(C)N1C2CCC1CN(C)C2.CC(C)N1C2CCC1CN(C)CC2.CC(C)N1CC2CC1CN2C.CC(C)N1CC2CCC(C1)N2C.CC(C)N1CCC2CCC(C1)N2C.CC(C)N1CCC2CCC1C2.CC(C)N1CCC2CCC1CC2. The van der Waals surface area contributed by atoms with Crippen LogP contribution in [0.25, 0.3) is 0 Å². The summed E-state index contributed by atoms with van der Waals surface area (Å²) in [5, 5.41) is 0. The Morgan fingerprint density at radius 3 is 1.15 bits per heavy atom. The van der Waals surface area contributed by atoms with Crippen molar-refractivity contribution < 1.29 is 0 Å². The molecular formula is C72H142N12. The van der Waals surface area contributed by atoms with E-state index in [-0.39, 0.29) is 0 Å². The standard InChI is InChI=1S/2C11H22N2.C11H21N.2C10H20N2.C10H19N.C9H18N2/c1-9(2)13-7-6-10-4-5-11(8-13)12(10)3;1-9(2)13-10-4-5-11(13)8-12(3)7-6-10;1-9(2)12-8-7-10-3-5-11(12)6-4-10;1-8(2)12-6-9-4-5-10(7-12)11(9)3;1-8(2)12-9-4-5-10(12)7-11(3)6-9;1-8(2)11-6-5-9-3-4-10(11)7-9;1-7(2)11-6-8-4-9(11)5-10(8)3/h2*9-11H,4-8H2,1-3H3;9-11H,3-8H2,1-2H3;2*8-10H,4-7H2,1-3H3;8-10H,3-7H2,1-2H3;7-9H,4-6H2,1-3H3. The summed E-state index contributed by atoms with van der Waals surface area (Å²) in [4.78, 5) is 31.5. The van der Waals surface area contributed by atoms with E-state index < -0.39 is 0 Å². The molecule has 0 aromatic carbocycles. The minimum absolute atomic E-state index is 0.729. The molecule has 0 N–H and O–H groups in total.